The number of anilines is 1. The number of halogens is 2. The molecule has 2 aliphatic heterocycles. The van der Waals surface area contributed by atoms with E-state index >= 15 is 0 Å². The number of rotatable bonds is 1. The van der Waals surface area contributed by atoms with E-state index in [1.807, 2.05) is 41.5 Å². The molecule has 1 aromatic heterocycles. The van der Waals surface area contributed by atoms with Crippen LogP contribution < -0.4 is 10.1 Å². The maximum Gasteiger partial charge on any atom is 0.410 e. The number of carbonyl (C=O) groups excluding carboxylic acids is 2. The van der Waals surface area contributed by atoms with Gasteiger partial charge in [0.1, 0.15) is 28.6 Å². The highest BCUT2D eigenvalue weighted by atomic mass is 35.5. The third-order valence-corrected chi connectivity index (χ3v) is 5.30. The second-order valence-electron chi connectivity index (χ2n) is 9.53. The van der Waals surface area contributed by atoms with E-state index in [9.17, 15) is 9.59 Å². The molecule has 166 valence electrons. The van der Waals surface area contributed by atoms with E-state index in [1.54, 1.807) is 9.80 Å². The predicted octanol–water partition coefficient (Wildman–Crippen LogP) is 4.05. The summed E-state index contributed by atoms with van der Waals surface area (Å²) in [6, 6.07) is -0.344. The average Bonchev–Trinajstić information content (AvgIpc) is 2.73. The highest BCUT2D eigenvalue weighted by Gasteiger charge is 2.40. The van der Waals surface area contributed by atoms with Gasteiger partial charge in [0.2, 0.25) is 0 Å². The maximum absolute atomic E-state index is 13.5. The number of fused-ring (bicyclic) bond motifs is 2. The fourth-order valence-electron chi connectivity index (χ4n) is 3.37. The lowest BCUT2D eigenvalue weighted by molar-refractivity contribution is 0.000956. The van der Waals surface area contributed by atoms with E-state index in [-0.39, 0.29) is 45.6 Å². The van der Waals surface area contributed by atoms with Gasteiger partial charge in [-0.05, 0) is 41.5 Å². The lowest BCUT2D eigenvalue weighted by Gasteiger charge is -2.40. The summed E-state index contributed by atoms with van der Waals surface area (Å²) in [4.78, 5) is 33.6. The van der Waals surface area contributed by atoms with Crippen molar-refractivity contribution in [2.24, 2.45) is 0 Å². The molecule has 1 fully saturated rings. The Hall–Kier alpha value is -1.93. The molecule has 0 spiro atoms. The van der Waals surface area contributed by atoms with Gasteiger partial charge in [0.25, 0.3) is 5.91 Å². The molecule has 10 heteroatoms. The van der Waals surface area contributed by atoms with E-state index in [4.69, 9.17) is 32.7 Å². The number of hydrogen-bond donors (Lipinski definition) is 1. The van der Waals surface area contributed by atoms with E-state index < -0.39 is 11.7 Å². The third kappa shape index (κ3) is 4.86. The first-order valence-electron chi connectivity index (χ1n) is 9.86. The lowest BCUT2D eigenvalue weighted by Crippen LogP contribution is -2.58. The first-order valence-corrected chi connectivity index (χ1v) is 10.6. The number of nitrogens with zero attached hydrogens (tertiary/aromatic N) is 3. The van der Waals surface area contributed by atoms with Gasteiger partial charge in [-0.3, -0.25) is 4.79 Å². The second-order valence-corrected chi connectivity index (χ2v) is 10.3. The molecule has 1 aromatic rings. The summed E-state index contributed by atoms with van der Waals surface area (Å²) in [6.45, 7) is 12.5. The molecule has 1 N–H and O–H groups in total. The van der Waals surface area contributed by atoms with Gasteiger partial charge in [-0.25, -0.2) is 9.78 Å². The van der Waals surface area contributed by atoms with Crippen molar-refractivity contribution in [1.29, 1.82) is 0 Å². The summed E-state index contributed by atoms with van der Waals surface area (Å²) in [5, 5.41) is 3.38. The summed E-state index contributed by atoms with van der Waals surface area (Å²) in [5.41, 5.74) is -0.698. The van der Waals surface area contributed by atoms with Crippen LogP contribution >= 0.6 is 23.2 Å². The minimum atomic E-state index is -0.594. The zero-order chi connectivity index (χ0) is 22.4. The molecule has 1 unspecified atom stereocenters. The highest BCUT2D eigenvalue weighted by Crippen LogP contribution is 2.41. The average molecular weight is 459 g/mol. The minimum Gasteiger partial charge on any atom is -0.489 e. The van der Waals surface area contributed by atoms with Crippen LogP contribution in [0.25, 0.3) is 0 Å². The van der Waals surface area contributed by atoms with Crippen molar-refractivity contribution >= 4 is 41.0 Å². The van der Waals surface area contributed by atoms with Crippen molar-refractivity contribution in [3.8, 4) is 5.75 Å². The second kappa shape index (κ2) is 7.96. The molecule has 1 saturated heterocycles. The summed E-state index contributed by atoms with van der Waals surface area (Å²) in [5.74, 6) is 0.285. The molecule has 2 amide bonds. The van der Waals surface area contributed by atoms with Crippen LogP contribution in [0.4, 0.5) is 10.6 Å². The molecular weight excluding hydrogens is 431 g/mol. The van der Waals surface area contributed by atoms with Crippen molar-refractivity contribution in [3.05, 3.63) is 15.7 Å². The molecule has 3 heterocycles. The number of pyridine rings is 1. The van der Waals surface area contributed by atoms with Crippen LogP contribution in [0.3, 0.4) is 0 Å². The number of hydrogen-bond acceptors (Lipinski definition) is 6. The van der Waals surface area contributed by atoms with Crippen molar-refractivity contribution < 1.29 is 19.1 Å². The van der Waals surface area contributed by atoms with Crippen molar-refractivity contribution in [2.75, 3.05) is 31.6 Å². The summed E-state index contributed by atoms with van der Waals surface area (Å²) < 4.78 is 11.4. The Morgan fingerprint density at radius 3 is 2.47 bits per heavy atom. The van der Waals surface area contributed by atoms with Crippen LogP contribution in [0, 0.1) is 0 Å². The molecule has 0 aliphatic carbocycles. The summed E-state index contributed by atoms with van der Waals surface area (Å²) in [7, 11) is 0. The normalized spacial score (nSPS) is 19.5. The van der Waals surface area contributed by atoms with Crippen LogP contribution in [0.15, 0.2) is 0 Å². The third-order valence-electron chi connectivity index (χ3n) is 4.58. The topological polar surface area (TPSA) is 84.0 Å². The van der Waals surface area contributed by atoms with Gasteiger partial charge in [0.15, 0.2) is 10.9 Å². The minimum absolute atomic E-state index is 0.0604. The van der Waals surface area contributed by atoms with Crippen LogP contribution in [0.5, 0.6) is 5.75 Å². The van der Waals surface area contributed by atoms with Crippen LogP contribution in [0.2, 0.25) is 10.2 Å². The Morgan fingerprint density at radius 1 is 1.20 bits per heavy atom. The first kappa shape index (κ1) is 22.7. The van der Waals surface area contributed by atoms with Crippen LogP contribution in [-0.4, -0.2) is 70.2 Å². The molecule has 8 nitrogen and oxygen atoms in total. The fourth-order valence-corrected chi connectivity index (χ4v) is 3.74. The Balaban J connectivity index is 1.91. The zero-order valence-corrected chi connectivity index (χ0v) is 19.6. The summed E-state index contributed by atoms with van der Waals surface area (Å²) >= 11 is 12.5. The largest absolute Gasteiger partial charge is 0.489 e. The zero-order valence-electron chi connectivity index (χ0n) is 18.1. The Kier molecular flexibility index (Phi) is 6.04. The number of ether oxygens (including phenoxy) is 2. The van der Waals surface area contributed by atoms with Crippen molar-refractivity contribution in [2.45, 2.75) is 58.7 Å². The smallest absolute Gasteiger partial charge is 0.410 e. The molecule has 30 heavy (non-hydrogen) atoms. The fraction of sp³-hybridized carbons (Fsp3) is 0.650. The Morgan fingerprint density at radius 2 is 1.87 bits per heavy atom. The maximum atomic E-state index is 13.5. The number of nitrogens with one attached hydrogen (secondary N) is 1. The van der Waals surface area contributed by atoms with E-state index in [0.717, 1.165) is 0 Å². The molecule has 0 saturated carbocycles. The van der Waals surface area contributed by atoms with Crippen molar-refractivity contribution in [1.82, 2.24) is 14.8 Å². The van der Waals surface area contributed by atoms with Gasteiger partial charge in [-0.1, -0.05) is 23.2 Å². The molecule has 0 bridgehead atoms. The van der Waals surface area contributed by atoms with Crippen LogP contribution in [0.1, 0.15) is 51.9 Å². The number of carbonyl (C=O) groups is 2. The number of piperazine rings is 1. The van der Waals surface area contributed by atoms with Crippen molar-refractivity contribution in [3.63, 3.8) is 0 Å². The SMILES string of the molecule is CC(C)(C)Nc1nc(Cl)c(Cl)c2c1C(=O)N1CCN(C(=O)OC(C)(C)C)CC1CO2. The molecular formula is C20H28Cl2N4O4. The Bertz CT molecular complexity index is 864. The molecule has 0 aromatic carbocycles. The first-order chi connectivity index (χ1) is 13.8. The number of aromatic nitrogens is 1. The molecule has 2 aliphatic rings. The van der Waals surface area contributed by atoms with Gasteiger partial charge >= 0.3 is 6.09 Å². The van der Waals surface area contributed by atoms with Gasteiger partial charge in [-0.15, -0.1) is 0 Å². The van der Waals surface area contributed by atoms with E-state index in [0.29, 0.717) is 25.5 Å². The highest BCUT2D eigenvalue weighted by molar-refractivity contribution is 6.42. The predicted molar refractivity (Wildman–Crippen MR) is 116 cm³/mol. The quantitative estimate of drug-likeness (QED) is 0.638. The van der Waals surface area contributed by atoms with Gasteiger partial charge < -0.3 is 24.6 Å². The van der Waals surface area contributed by atoms with E-state index in [2.05, 4.69) is 10.3 Å². The molecule has 0 radical (unpaired) electrons. The molecule has 3 rings (SSSR count). The lowest BCUT2D eigenvalue weighted by atomic mass is 10.1. The van der Waals surface area contributed by atoms with Gasteiger partial charge in [-0.2, -0.15) is 0 Å². The Labute approximate surface area is 186 Å². The summed E-state index contributed by atoms with van der Waals surface area (Å²) in [6.07, 6.45) is -0.408. The van der Waals surface area contributed by atoms with Crippen LogP contribution in [-0.2, 0) is 4.74 Å². The number of amides is 2. The van der Waals surface area contributed by atoms with Gasteiger partial charge in [0.05, 0.1) is 6.04 Å². The monoisotopic (exact) mass is 458 g/mol. The standard InChI is InChI=1S/C20H28Cl2N4O4/c1-19(2,3)24-16-12-14(13(21)15(22)23-16)29-10-11-9-25(7-8-26(11)17(12)27)18(28)30-20(4,5)6/h11H,7-10H2,1-6H3,(H,23,24). The van der Waals surface area contributed by atoms with E-state index in [1.165, 1.54) is 0 Å². The molecule has 1 atom stereocenters. The van der Waals surface area contributed by atoms with Gasteiger partial charge in [0, 0.05) is 25.2 Å².